The quantitative estimate of drug-likeness (QED) is 0.565. The standard InChI is InChI=1S/C13H18N2O3/c14-11-7-9(16)4-5-12(11)15-13(17)8-10-3-1-2-6-18-10/h4-5,7,10,16H,1-3,6,8,14H2,(H,15,17). The molecule has 0 aliphatic carbocycles. The van der Waals surface area contributed by atoms with Crippen molar-refractivity contribution in [1.82, 2.24) is 0 Å². The molecule has 1 fully saturated rings. The Morgan fingerprint density at radius 1 is 1.50 bits per heavy atom. The summed E-state index contributed by atoms with van der Waals surface area (Å²) in [7, 11) is 0. The molecule has 1 heterocycles. The molecule has 0 spiro atoms. The van der Waals surface area contributed by atoms with Crippen molar-refractivity contribution >= 4 is 17.3 Å². The second-order valence-electron chi connectivity index (χ2n) is 4.51. The van der Waals surface area contributed by atoms with Gasteiger partial charge in [-0.05, 0) is 31.4 Å². The van der Waals surface area contributed by atoms with E-state index in [0.717, 1.165) is 25.9 Å². The fourth-order valence-corrected chi connectivity index (χ4v) is 2.04. The number of carbonyl (C=O) groups is 1. The minimum absolute atomic E-state index is 0.0112. The zero-order valence-corrected chi connectivity index (χ0v) is 10.2. The summed E-state index contributed by atoms with van der Waals surface area (Å²) < 4.78 is 5.50. The van der Waals surface area contributed by atoms with Gasteiger partial charge in [-0.1, -0.05) is 0 Å². The van der Waals surface area contributed by atoms with Gasteiger partial charge in [0.25, 0.3) is 0 Å². The second-order valence-corrected chi connectivity index (χ2v) is 4.51. The highest BCUT2D eigenvalue weighted by Gasteiger charge is 2.18. The van der Waals surface area contributed by atoms with Gasteiger partial charge in [-0.15, -0.1) is 0 Å². The number of nitrogens with two attached hydrogens (primary N) is 1. The van der Waals surface area contributed by atoms with Crippen molar-refractivity contribution in [1.29, 1.82) is 0 Å². The number of amides is 1. The zero-order valence-electron chi connectivity index (χ0n) is 10.2. The molecule has 4 N–H and O–H groups in total. The normalized spacial score (nSPS) is 19.4. The van der Waals surface area contributed by atoms with Gasteiger partial charge < -0.3 is 20.9 Å². The Kier molecular flexibility index (Phi) is 4.04. The number of aromatic hydroxyl groups is 1. The molecule has 98 valence electrons. The van der Waals surface area contributed by atoms with Crippen LogP contribution in [0, 0.1) is 0 Å². The number of ether oxygens (including phenoxy) is 1. The minimum atomic E-state index is -0.112. The summed E-state index contributed by atoms with van der Waals surface area (Å²) in [4.78, 5) is 11.8. The SMILES string of the molecule is Nc1cc(O)ccc1NC(=O)CC1CCCCO1. The third-order valence-electron chi connectivity index (χ3n) is 3.00. The lowest BCUT2D eigenvalue weighted by Crippen LogP contribution is -2.25. The molecule has 2 rings (SSSR count). The number of hydrogen-bond acceptors (Lipinski definition) is 4. The summed E-state index contributed by atoms with van der Waals surface area (Å²) in [6.07, 6.45) is 3.47. The molecule has 0 radical (unpaired) electrons. The predicted molar refractivity (Wildman–Crippen MR) is 69.4 cm³/mol. The van der Waals surface area contributed by atoms with Crippen molar-refractivity contribution in [3.63, 3.8) is 0 Å². The molecule has 1 saturated heterocycles. The van der Waals surface area contributed by atoms with E-state index in [1.165, 1.54) is 12.1 Å². The molecule has 0 saturated carbocycles. The number of benzene rings is 1. The van der Waals surface area contributed by atoms with Crippen LogP contribution in [0.4, 0.5) is 11.4 Å². The first-order valence-electron chi connectivity index (χ1n) is 6.15. The van der Waals surface area contributed by atoms with E-state index in [2.05, 4.69) is 5.32 Å². The first-order valence-corrected chi connectivity index (χ1v) is 6.15. The molecule has 0 aromatic heterocycles. The Morgan fingerprint density at radius 2 is 2.33 bits per heavy atom. The molecule has 1 aliphatic heterocycles. The Balaban J connectivity index is 1.90. The molecule has 1 aromatic rings. The van der Waals surface area contributed by atoms with Crippen LogP contribution >= 0.6 is 0 Å². The Hall–Kier alpha value is -1.75. The van der Waals surface area contributed by atoms with Crippen LogP contribution in [0.25, 0.3) is 0 Å². The number of nitrogen functional groups attached to an aromatic ring is 1. The summed E-state index contributed by atoms with van der Waals surface area (Å²) in [5.74, 6) is -0.0274. The molecule has 0 bridgehead atoms. The first-order chi connectivity index (χ1) is 8.65. The maximum Gasteiger partial charge on any atom is 0.227 e. The van der Waals surface area contributed by atoms with Crippen molar-refractivity contribution in [2.45, 2.75) is 31.8 Å². The lowest BCUT2D eigenvalue weighted by atomic mass is 10.1. The fourth-order valence-electron chi connectivity index (χ4n) is 2.04. The predicted octanol–water partition coefficient (Wildman–Crippen LogP) is 1.87. The van der Waals surface area contributed by atoms with Crippen LogP contribution in [0.5, 0.6) is 5.75 Å². The van der Waals surface area contributed by atoms with E-state index in [9.17, 15) is 9.90 Å². The number of phenolic OH excluding ortho intramolecular Hbond substituents is 1. The molecule has 1 atom stereocenters. The Bertz CT molecular complexity index is 428. The van der Waals surface area contributed by atoms with Crippen molar-refractivity contribution in [2.24, 2.45) is 0 Å². The largest absolute Gasteiger partial charge is 0.508 e. The van der Waals surface area contributed by atoms with Gasteiger partial charge in [0.05, 0.1) is 23.9 Å². The van der Waals surface area contributed by atoms with Crippen LogP contribution in [0.15, 0.2) is 18.2 Å². The summed E-state index contributed by atoms with van der Waals surface area (Å²) in [5, 5.41) is 11.9. The fraction of sp³-hybridized carbons (Fsp3) is 0.462. The number of hydrogen-bond donors (Lipinski definition) is 3. The highest BCUT2D eigenvalue weighted by molar-refractivity contribution is 5.94. The van der Waals surface area contributed by atoms with E-state index in [0.29, 0.717) is 17.8 Å². The van der Waals surface area contributed by atoms with E-state index in [4.69, 9.17) is 10.5 Å². The average Bonchev–Trinajstić information content (AvgIpc) is 2.34. The van der Waals surface area contributed by atoms with E-state index < -0.39 is 0 Å². The maximum absolute atomic E-state index is 11.8. The van der Waals surface area contributed by atoms with Gasteiger partial charge in [0.1, 0.15) is 5.75 Å². The molecule has 1 unspecified atom stereocenters. The van der Waals surface area contributed by atoms with Crippen LogP contribution in [0.2, 0.25) is 0 Å². The van der Waals surface area contributed by atoms with E-state index >= 15 is 0 Å². The van der Waals surface area contributed by atoms with E-state index in [1.54, 1.807) is 6.07 Å². The number of rotatable bonds is 3. The van der Waals surface area contributed by atoms with Crippen LogP contribution in [0.1, 0.15) is 25.7 Å². The summed E-state index contributed by atoms with van der Waals surface area (Å²) in [5.41, 5.74) is 6.57. The summed E-state index contributed by atoms with van der Waals surface area (Å²) in [6.45, 7) is 0.735. The first kappa shape index (κ1) is 12.7. The van der Waals surface area contributed by atoms with Crippen LogP contribution < -0.4 is 11.1 Å². The third kappa shape index (κ3) is 3.37. The van der Waals surface area contributed by atoms with Gasteiger partial charge in [-0.2, -0.15) is 0 Å². The Morgan fingerprint density at radius 3 is 3.00 bits per heavy atom. The molecular formula is C13H18N2O3. The van der Waals surface area contributed by atoms with Gasteiger partial charge in [0.15, 0.2) is 0 Å². The van der Waals surface area contributed by atoms with Crippen LogP contribution in [0.3, 0.4) is 0 Å². The van der Waals surface area contributed by atoms with Crippen molar-refractivity contribution in [3.8, 4) is 5.75 Å². The number of phenols is 1. The number of carbonyl (C=O) groups excluding carboxylic acids is 1. The maximum atomic E-state index is 11.8. The third-order valence-corrected chi connectivity index (χ3v) is 3.00. The monoisotopic (exact) mass is 250 g/mol. The van der Waals surface area contributed by atoms with Crippen LogP contribution in [-0.4, -0.2) is 23.7 Å². The Labute approximate surface area is 106 Å². The van der Waals surface area contributed by atoms with Crippen molar-refractivity contribution in [3.05, 3.63) is 18.2 Å². The van der Waals surface area contributed by atoms with Gasteiger partial charge in [-0.3, -0.25) is 4.79 Å². The second kappa shape index (κ2) is 5.73. The number of nitrogens with one attached hydrogen (secondary N) is 1. The minimum Gasteiger partial charge on any atom is -0.508 e. The number of anilines is 2. The highest BCUT2D eigenvalue weighted by atomic mass is 16.5. The molecule has 1 aliphatic rings. The average molecular weight is 250 g/mol. The van der Waals surface area contributed by atoms with Gasteiger partial charge in [0.2, 0.25) is 5.91 Å². The molecular weight excluding hydrogens is 232 g/mol. The van der Waals surface area contributed by atoms with E-state index in [1.807, 2.05) is 0 Å². The topological polar surface area (TPSA) is 84.6 Å². The summed E-state index contributed by atoms with van der Waals surface area (Å²) in [6, 6.07) is 4.49. The zero-order chi connectivity index (χ0) is 13.0. The van der Waals surface area contributed by atoms with Gasteiger partial charge in [0, 0.05) is 12.7 Å². The lowest BCUT2D eigenvalue weighted by molar-refractivity contribution is -0.119. The van der Waals surface area contributed by atoms with Gasteiger partial charge in [-0.25, -0.2) is 0 Å². The van der Waals surface area contributed by atoms with Gasteiger partial charge >= 0.3 is 0 Å². The van der Waals surface area contributed by atoms with Crippen LogP contribution in [-0.2, 0) is 9.53 Å². The van der Waals surface area contributed by atoms with Crippen molar-refractivity contribution < 1.29 is 14.6 Å². The molecule has 1 aromatic carbocycles. The smallest absolute Gasteiger partial charge is 0.227 e. The van der Waals surface area contributed by atoms with E-state index in [-0.39, 0.29) is 17.8 Å². The molecule has 1 amide bonds. The van der Waals surface area contributed by atoms with Crippen molar-refractivity contribution in [2.75, 3.05) is 17.7 Å². The highest BCUT2D eigenvalue weighted by Crippen LogP contribution is 2.24. The molecule has 5 heteroatoms. The lowest BCUT2D eigenvalue weighted by Gasteiger charge is -2.22. The summed E-state index contributed by atoms with van der Waals surface area (Å²) >= 11 is 0. The molecule has 18 heavy (non-hydrogen) atoms. The molecule has 5 nitrogen and oxygen atoms in total.